The number of hydrogen-bond donors (Lipinski definition) is 1. The topological polar surface area (TPSA) is 49.4 Å². The molecule has 1 atom stereocenters. The molecule has 1 aliphatic carbocycles. The summed E-state index contributed by atoms with van der Waals surface area (Å²) in [4.78, 5) is 30.2. The minimum absolute atomic E-state index is 0.112. The number of rotatable bonds is 10. The zero-order valence-electron chi connectivity index (χ0n) is 21.0. The van der Waals surface area contributed by atoms with Gasteiger partial charge in [-0.15, -0.1) is 11.8 Å². The predicted molar refractivity (Wildman–Crippen MR) is 153 cm³/mol. The number of nitrogens with one attached hydrogen (secondary N) is 1. The summed E-state index contributed by atoms with van der Waals surface area (Å²) in [6, 6.07) is 22.7. The SMILES string of the molecule is Cc1ccc(SCC(=O)N(Cc2ccc(Cl)cc2Cl)[C@H](Cc2ccccc2)C(=O)NC2CCCC2)cc1. The maximum Gasteiger partial charge on any atom is 0.243 e. The first-order valence-electron chi connectivity index (χ1n) is 12.7. The Bertz CT molecular complexity index is 1200. The molecule has 7 heteroatoms. The van der Waals surface area contributed by atoms with Crippen LogP contribution in [-0.2, 0) is 22.6 Å². The predicted octanol–water partition coefficient (Wildman–Crippen LogP) is 7.09. The quantitative estimate of drug-likeness (QED) is 0.272. The van der Waals surface area contributed by atoms with Crippen LogP contribution in [0.1, 0.15) is 42.4 Å². The molecule has 4 rings (SSSR count). The summed E-state index contributed by atoms with van der Waals surface area (Å²) in [5.41, 5.74) is 2.92. The Hall–Kier alpha value is -2.47. The third kappa shape index (κ3) is 8.00. The van der Waals surface area contributed by atoms with Gasteiger partial charge in [-0.25, -0.2) is 0 Å². The first kappa shape index (κ1) is 27.6. The molecule has 3 aromatic carbocycles. The number of nitrogens with zero attached hydrogens (tertiary/aromatic N) is 1. The molecule has 0 radical (unpaired) electrons. The van der Waals surface area contributed by atoms with Gasteiger partial charge in [0.2, 0.25) is 11.8 Å². The lowest BCUT2D eigenvalue weighted by atomic mass is 10.0. The highest BCUT2D eigenvalue weighted by Gasteiger charge is 2.32. The van der Waals surface area contributed by atoms with Gasteiger partial charge in [-0.3, -0.25) is 9.59 Å². The summed E-state index contributed by atoms with van der Waals surface area (Å²) >= 11 is 14.1. The van der Waals surface area contributed by atoms with Gasteiger partial charge in [-0.05, 0) is 55.2 Å². The molecule has 0 unspecified atom stereocenters. The highest BCUT2D eigenvalue weighted by Crippen LogP contribution is 2.26. The zero-order chi connectivity index (χ0) is 26.2. The van der Waals surface area contributed by atoms with Gasteiger partial charge in [0.05, 0.1) is 5.75 Å². The fourth-order valence-corrected chi connectivity index (χ4v) is 5.87. The Kier molecular flexibility index (Phi) is 9.95. The summed E-state index contributed by atoms with van der Waals surface area (Å²) < 4.78 is 0. The van der Waals surface area contributed by atoms with E-state index < -0.39 is 6.04 Å². The lowest BCUT2D eigenvalue weighted by Crippen LogP contribution is -2.52. The third-order valence-corrected chi connectivity index (χ3v) is 8.30. The highest BCUT2D eigenvalue weighted by molar-refractivity contribution is 8.00. The third-order valence-electron chi connectivity index (χ3n) is 6.71. The first-order valence-corrected chi connectivity index (χ1v) is 14.4. The lowest BCUT2D eigenvalue weighted by Gasteiger charge is -2.32. The van der Waals surface area contributed by atoms with Gasteiger partial charge in [0.15, 0.2) is 0 Å². The van der Waals surface area contributed by atoms with E-state index in [0.29, 0.717) is 16.5 Å². The molecule has 0 aliphatic heterocycles. The monoisotopic (exact) mass is 554 g/mol. The van der Waals surface area contributed by atoms with Crippen molar-refractivity contribution in [3.63, 3.8) is 0 Å². The average molecular weight is 556 g/mol. The number of carbonyl (C=O) groups excluding carboxylic acids is 2. The second-order valence-corrected chi connectivity index (χ2v) is 11.4. The number of thioether (sulfide) groups is 1. The Morgan fingerprint density at radius 3 is 2.38 bits per heavy atom. The van der Waals surface area contributed by atoms with Crippen molar-refractivity contribution < 1.29 is 9.59 Å². The second-order valence-electron chi connectivity index (χ2n) is 9.55. The lowest BCUT2D eigenvalue weighted by molar-refractivity contribution is -0.139. The maximum absolute atomic E-state index is 13.8. The van der Waals surface area contributed by atoms with Crippen LogP contribution < -0.4 is 5.32 Å². The average Bonchev–Trinajstić information content (AvgIpc) is 3.40. The van der Waals surface area contributed by atoms with Crippen LogP contribution in [0.3, 0.4) is 0 Å². The van der Waals surface area contributed by atoms with Gasteiger partial charge in [-0.2, -0.15) is 0 Å². The van der Waals surface area contributed by atoms with Crippen molar-refractivity contribution in [3.8, 4) is 0 Å². The summed E-state index contributed by atoms with van der Waals surface area (Å²) in [6.07, 6.45) is 4.61. The van der Waals surface area contributed by atoms with Gasteiger partial charge in [0.1, 0.15) is 6.04 Å². The van der Waals surface area contributed by atoms with Crippen LogP contribution in [-0.4, -0.2) is 34.6 Å². The van der Waals surface area contributed by atoms with Crippen LogP contribution in [0.2, 0.25) is 10.0 Å². The van der Waals surface area contributed by atoms with Crippen LogP contribution in [0.15, 0.2) is 77.7 Å². The second kappa shape index (κ2) is 13.4. The van der Waals surface area contributed by atoms with Crippen molar-refractivity contribution in [2.24, 2.45) is 0 Å². The van der Waals surface area contributed by atoms with E-state index in [1.54, 1.807) is 17.0 Å². The molecule has 194 valence electrons. The Labute approximate surface area is 233 Å². The van der Waals surface area contributed by atoms with Crippen molar-refractivity contribution in [2.45, 2.75) is 62.6 Å². The summed E-state index contributed by atoms with van der Waals surface area (Å²) in [7, 11) is 0. The van der Waals surface area contributed by atoms with Crippen molar-refractivity contribution in [1.29, 1.82) is 0 Å². The maximum atomic E-state index is 13.8. The fourth-order valence-electron chi connectivity index (χ4n) is 4.62. The van der Waals surface area contributed by atoms with Crippen LogP contribution in [0, 0.1) is 6.92 Å². The fraction of sp³-hybridized carbons (Fsp3) is 0.333. The smallest absolute Gasteiger partial charge is 0.243 e. The molecule has 0 aromatic heterocycles. The molecule has 1 aliphatic rings. The molecule has 1 saturated carbocycles. The summed E-state index contributed by atoms with van der Waals surface area (Å²) in [6.45, 7) is 2.26. The molecule has 0 bridgehead atoms. The molecular weight excluding hydrogens is 523 g/mol. The first-order chi connectivity index (χ1) is 17.9. The molecule has 2 amide bonds. The molecule has 1 fully saturated rings. The highest BCUT2D eigenvalue weighted by atomic mass is 35.5. The number of halogens is 2. The van der Waals surface area contributed by atoms with E-state index in [1.165, 1.54) is 17.3 Å². The number of benzene rings is 3. The molecular formula is C30H32Cl2N2O2S. The zero-order valence-corrected chi connectivity index (χ0v) is 23.3. The van der Waals surface area contributed by atoms with E-state index in [9.17, 15) is 9.59 Å². The van der Waals surface area contributed by atoms with Crippen LogP contribution in [0.25, 0.3) is 0 Å². The van der Waals surface area contributed by atoms with Crippen LogP contribution in [0.4, 0.5) is 0 Å². The Balaban J connectivity index is 1.63. The van der Waals surface area contributed by atoms with Crippen molar-refractivity contribution >= 4 is 46.8 Å². The van der Waals surface area contributed by atoms with Gasteiger partial charge in [-0.1, -0.05) is 90.1 Å². The molecule has 37 heavy (non-hydrogen) atoms. The van der Waals surface area contributed by atoms with Crippen molar-refractivity contribution in [2.75, 3.05) is 5.75 Å². The van der Waals surface area contributed by atoms with Gasteiger partial charge in [0, 0.05) is 33.9 Å². The number of hydrogen-bond acceptors (Lipinski definition) is 3. The molecule has 3 aromatic rings. The Morgan fingerprint density at radius 1 is 1.00 bits per heavy atom. The molecule has 1 N–H and O–H groups in total. The number of aryl methyl sites for hydroxylation is 1. The minimum atomic E-state index is -0.666. The standard InChI is InChI=1S/C30H32Cl2N2O2S/c1-21-11-15-26(16-12-21)37-20-29(35)34(19-23-13-14-24(31)18-27(23)32)28(17-22-7-3-2-4-8-22)30(36)33-25-9-5-6-10-25/h2-4,7-8,11-16,18,25,28H,5-6,9-10,17,19-20H2,1H3,(H,33,36)/t28-/m1/s1. The molecule has 4 nitrogen and oxygen atoms in total. The number of amides is 2. The van der Waals surface area contributed by atoms with Crippen molar-refractivity contribution in [3.05, 3.63) is 99.5 Å². The van der Waals surface area contributed by atoms with Crippen LogP contribution >= 0.6 is 35.0 Å². The summed E-state index contributed by atoms with van der Waals surface area (Å²) in [5.74, 6) is -0.00961. The number of carbonyl (C=O) groups is 2. The normalized spacial score (nSPS) is 14.4. The van der Waals surface area contributed by atoms with E-state index in [2.05, 4.69) is 5.32 Å². The summed E-state index contributed by atoms with van der Waals surface area (Å²) in [5, 5.41) is 4.24. The van der Waals surface area contributed by atoms with E-state index in [0.717, 1.165) is 41.7 Å². The van der Waals surface area contributed by atoms with Gasteiger partial charge in [0.25, 0.3) is 0 Å². The van der Waals surface area contributed by atoms with E-state index >= 15 is 0 Å². The van der Waals surface area contributed by atoms with Gasteiger partial charge >= 0.3 is 0 Å². The Morgan fingerprint density at radius 2 is 1.70 bits per heavy atom. The van der Waals surface area contributed by atoms with E-state index in [-0.39, 0.29) is 30.2 Å². The molecule has 0 spiro atoms. The van der Waals surface area contributed by atoms with Crippen LogP contribution in [0.5, 0.6) is 0 Å². The molecule has 0 heterocycles. The van der Waals surface area contributed by atoms with E-state index in [4.69, 9.17) is 23.2 Å². The van der Waals surface area contributed by atoms with E-state index in [1.807, 2.05) is 67.6 Å². The minimum Gasteiger partial charge on any atom is -0.352 e. The van der Waals surface area contributed by atoms with Crippen molar-refractivity contribution in [1.82, 2.24) is 10.2 Å². The molecule has 0 saturated heterocycles. The largest absolute Gasteiger partial charge is 0.352 e. The van der Waals surface area contributed by atoms with Gasteiger partial charge < -0.3 is 10.2 Å².